The van der Waals surface area contributed by atoms with Crippen LogP contribution in [0.2, 0.25) is 0 Å². The summed E-state index contributed by atoms with van der Waals surface area (Å²) in [6.07, 6.45) is 7.30. The number of carbonyl (C=O) groups is 2. The Morgan fingerprint density at radius 2 is 1.88 bits per heavy atom. The van der Waals surface area contributed by atoms with Crippen molar-refractivity contribution in [3.63, 3.8) is 0 Å². The van der Waals surface area contributed by atoms with Crippen LogP contribution in [-0.2, 0) is 9.53 Å². The molecule has 0 aromatic rings. The standard InChI is InChI=1S/C20H36N2O4/c1-14(2)16(13-23)12-18(22-25)17(11-15-9-7-6-8-10-15)21-19(24)26-20(3,4)5/h13-17,25H,6-12H2,1-5H3,(H,21,24)/t16-,17+/m1/s1. The van der Waals surface area contributed by atoms with Crippen molar-refractivity contribution in [1.82, 2.24) is 5.32 Å². The van der Waals surface area contributed by atoms with Gasteiger partial charge in [-0.2, -0.15) is 0 Å². The highest BCUT2D eigenvalue weighted by atomic mass is 16.6. The van der Waals surface area contributed by atoms with Crippen molar-refractivity contribution >= 4 is 18.1 Å². The van der Waals surface area contributed by atoms with Gasteiger partial charge in [0.15, 0.2) is 0 Å². The molecule has 0 aromatic carbocycles. The number of nitrogens with zero attached hydrogens (tertiary/aromatic N) is 1. The third-order valence-electron chi connectivity index (χ3n) is 4.99. The van der Waals surface area contributed by atoms with Crippen LogP contribution in [0.5, 0.6) is 0 Å². The smallest absolute Gasteiger partial charge is 0.408 e. The van der Waals surface area contributed by atoms with E-state index in [9.17, 15) is 14.8 Å². The summed E-state index contributed by atoms with van der Waals surface area (Å²) in [5, 5.41) is 15.9. The van der Waals surface area contributed by atoms with Gasteiger partial charge in [-0.05, 0) is 39.0 Å². The van der Waals surface area contributed by atoms with Gasteiger partial charge in [0, 0.05) is 12.3 Å². The number of oxime groups is 1. The van der Waals surface area contributed by atoms with Crippen molar-refractivity contribution in [2.45, 2.75) is 91.2 Å². The van der Waals surface area contributed by atoms with Crippen LogP contribution in [0.1, 0.15) is 79.6 Å². The average Bonchev–Trinajstić information content (AvgIpc) is 2.54. The Labute approximate surface area is 157 Å². The molecule has 1 aliphatic rings. The summed E-state index contributed by atoms with van der Waals surface area (Å²) in [6, 6.07) is -0.417. The summed E-state index contributed by atoms with van der Waals surface area (Å²) in [7, 11) is 0. The lowest BCUT2D eigenvalue weighted by Gasteiger charge is -2.29. The molecule has 2 atom stereocenters. The zero-order chi connectivity index (χ0) is 19.7. The lowest BCUT2D eigenvalue weighted by Crippen LogP contribution is -2.45. The number of amides is 1. The molecule has 0 heterocycles. The van der Waals surface area contributed by atoms with E-state index in [2.05, 4.69) is 10.5 Å². The molecule has 6 heteroatoms. The Hall–Kier alpha value is -1.59. The Kier molecular flexibility index (Phi) is 9.09. The van der Waals surface area contributed by atoms with Gasteiger partial charge in [-0.15, -0.1) is 0 Å². The molecule has 0 saturated heterocycles. The molecule has 1 aliphatic carbocycles. The number of ether oxygens (including phenoxy) is 1. The lowest BCUT2D eigenvalue weighted by molar-refractivity contribution is -0.112. The van der Waals surface area contributed by atoms with Crippen LogP contribution in [0.4, 0.5) is 4.79 Å². The number of hydrogen-bond donors (Lipinski definition) is 2. The molecule has 0 aliphatic heterocycles. The summed E-state index contributed by atoms with van der Waals surface area (Å²) in [6.45, 7) is 9.36. The number of aldehydes is 1. The van der Waals surface area contributed by atoms with E-state index in [1.807, 2.05) is 34.6 Å². The molecule has 1 rings (SSSR count). The van der Waals surface area contributed by atoms with E-state index in [1.54, 1.807) is 0 Å². The molecule has 1 fully saturated rings. The fourth-order valence-electron chi connectivity index (χ4n) is 3.42. The first-order valence-electron chi connectivity index (χ1n) is 9.82. The van der Waals surface area contributed by atoms with E-state index in [0.717, 1.165) is 19.1 Å². The lowest BCUT2D eigenvalue weighted by atomic mass is 9.82. The minimum absolute atomic E-state index is 0.140. The largest absolute Gasteiger partial charge is 0.444 e. The van der Waals surface area contributed by atoms with Gasteiger partial charge in [-0.25, -0.2) is 4.79 Å². The molecule has 0 aromatic heterocycles. The Bertz CT molecular complexity index is 477. The highest BCUT2D eigenvalue weighted by Gasteiger charge is 2.29. The van der Waals surface area contributed by atoms with E-state index in [0.29, 0.717) is 24.5 Å². The minimum Gasteiger partial charge on any atom is -0.444 e. The molecule has 0 spiro atoms. The van der Waals surface area contributed by atoms with E-state index in [1.165, 1.54) is 19.3 Å². The van der Waals surface area contributed by atoms with Gasteiger partial charge in [0.05, 0.1) is 11.8 Å². The molecule has 1 saturated carbocycles. The van der Waals surface area contributed by atoms with E-state index >= 15 is 0 Å². The molecule has 2 N–H and O–H groups in total. The van der Waals surface area contributed by atoms with Crippen LogP contribution in [-0.4, -0.2) is 34.9 Å². The molecule has 0 unspecified atom stereocenters. The molecule has 1 amide bonds. The number of rotatable bonds is 8. The summed E-state index contributed by atoms with van der Waals surface area (Å²) >= 11 is 0. The van der Waals surface area contributed by atoms with Gasteiger partial charge in [0.1, 0.15) is 11.9 Å². The zero-order valence-electron chi connectivity index (χ0n) is 17.0. The van der Waals surface area contributed by atoms with Crippen molar-refractivity contribution in [3.05, 3.63) is 0 Å². The predicted molar refractivity (Wildman–Crippen MR) is 103 cm³/mol. The predicted octanol–water partition coefficient (Wildman–Crippen LogP) is 4.54. The maximum absolute atomic E-state index is 12.3. The second-order valence-electron chi connectivity index (χ2n) is 8.78. The fourth-order valence-corrected chi connectivity index (χ4v) is 3.42. The molecular formula is C20H36N2O4. The Morgan fingerprint density at radius 3 is 2.35 bits per heavy atom. The summed E-state index contributed by atoms with van der Waals surface area (Å²) in [4.78, 5) is 23.7. The van der Waals surface area contributed by atoms with E-state index in [4.69, 9.17) is 4.74 Å². The maximum Gasteiger partial charge on any atom is 0.408 e. The van der Waals surface area contributed by atoms with E-state index in [-0.39, 0.29) is 11.8 Å². The highest BCUT2D eigenvalue weighted by Crippen LogP contribution is 2.28. The van der Waals surface area contributed by atoms with Crippen LogP contribution >= 0.6 is 0 Å². The van der Waals surface area contributed by atoms with Crippen LogP contribution < -0.4 is 5.32 Å². The number of hydrogen-bond acceptors (Lipinski definition) is 5. The number of carbonyl (C=O) groups excluding carboxylic acids is 2. The molecule has 0 radical (unpaired) electrons. The van der Waals surface area contributed by atoms with E-state index < -0.39 is 17.7 Å². The summed E-state index contributed by atoms with van der Waals surface area (Å²) < 4.78 is 5.37. The second kappa shape index (κ2) is 10.5. The average molecular weight is 369 g/mol. The van der Waals surface area contributed by atoms with Gasteiger partial charge in [0.25, 0.3) is 0 Å². The first-order valence-corrected chi connectivity index (χ1v) is 9.82. The van der Waals surface area contributed by atoms with Crippen molar-refractivity contribution in [2.75, 3.05) is 0 Å². The Balaban J connectivity index is 2.88. The summed E-state index contributed by atoms with van der Waals surface area (Å²) in [5.41, 5.74) is -0.147. The monoisotopic (exact) mass is 368 g/mol. The highest BCUT2D eigenvalue weighted by molar-refractivity contribution is 5.93. The van der Waals surface area contributed by atoms with Gasteiger partial charge in [-0.1, -0.05) is 51.1 Å². The maximum atomic E-state index is 12.3. The second-order valence-corrected chi connectivity index (χ2v) is 8.78. The van der Waals surface area contributed by atoms with Gasteiger partial charge in [0.2, 0.25) is 0 Å². The van der Waals surface area contributed by atoms with Crippen LogP contribution in [0.3, 0.4) is 0 Å². The first kappa shape index (κ1) is 22.5. The quantitative estimate of drug-likeness (QED) is 0.285. The first-order chi connectivity index (χ1) is 12.2. The van der Waals surface area contributed by atoms with Crippen molar-refractivity contribution < 1.29 is 19.5 Å². The SMILES string of the molecule is CC(C)[C@@H](C=O)CC(=NO)[C@H](CC1CCCCC1)NC(=O)OC(C)(C)C. The van der Waals surface area contributed by atoms with Gasteiger partial charge >= 0.3 is 6.09 Å². The Morgan fingerprint density at radius 1 is 1.27 bits per heavy atom. The van der Waals surface area contributed by atoms with Crippen molar-refractivity contribution in [2.24, 2.45) is 22.9 Å². The molecular weight excluding hydrogens is 332 g/mol. The van der Waals surface area contributed by atoms with Crippen molar-refractivity contribution in [3.8, 4) is 0 Å². The molecule has 150 valence electrons. The fraction of sp³-hybridized carbons (Fsp3) is 0.850. The number of nitrogens with one attached hydrogen (secondary N) is 1. The normalized spacial score (nSPS) is 19.1. The third kappa shape index (κ3) is 8.19. The van der Waals surface area contributed by atoms with Gasteiger partial charge < -0.3 is 20.1 Å². The molecule has 6 nitrogen and oxygen atoms in total. The van der Waals surface area contributed by atoms with Crippen molar-refractivity contribution in [1.29, 1.82) is 0 Å². The summed E-state index contributed by atoms with van der Waals surface area (Å²) in [5.74, 6) is 0.380. The van der Waals surface area contributed by atoms with Crippen LogP contribution in [0.25, 0.3) is 0 Å². The van der Waals surface area contributed by atoms with Gasteiger partial charge in [-0.3, -0.25) is 0 Å². The van der Waals surface area contributed by atoms with Crippen LogP contribution in [0.15, 0.2) is 5.16 Å². The zero-order valence-corrected chi connectivity index (χ0v) is 17.0. The third-order valence-corrected chi connectivity index (χ3v) is 4.99. The molecule has 26 heavy (non-hydrogen) atoms. The minimum atomic E-state index is -0.598. The molecule has 0 bridgehead atoms. The van der Waals surface area contributed by atoms with Crippen LogP contribution in [0, 0.1) is 17.8 Å². The topological polar surface area (TPSA) is 88.0 Å². The number of alkyl carbamates (subject to hydrolysis) is 1.